The van der Waals surface area contributed by atoms with Crippen LogP contribution in [0.15, 0.2) is 133 Å². The van der Waals surface area contributed by atoms with E-state index in [9.17, 15) is 13.2 Å². The van der Waals surface area contributed by atoms with E-state index >= 15 is 0 Å². The number of alkyl halides is 3. The molecule has 5 aromatic rings. The van der Waals surface area contributed by atoms with Crippen LogP contribution in [0.3, 0.4) is 0 Å². The Balaban J connectivity index is 0. The second-order valence-corrected chi connectivity index (χ2v) is 13.4. The van der Waals surface area contributed by atoms with Gasteiger partial charge in [0.1, 0.15) is 5.41 Å². The molecule has 0 saturated heterocycles. The third-order valence-corrected chi connectivity index (χ3v) is 8.42. The van der Waals surface area contributed by atoms with Gasteiger partial charge >= 0.3 is 6.18 Å². The molecular formula is C49H65F3Y-2. The summed E-state index contributed by atoms with van der Waals surface area (Å²) in [5.74, 6) is 0. The van der Waals surface area contributed by atoms with E-state index in [4.69, 9.17) is 0 Å². The quantitative estimate of drug-likeness (QED) is 0.156. The second kappa shape index (κ2) is 29.4. The Labute approximate surface area is 348 Å². The van der Waals surface area contributed by atoms with Crippen molar-refractivity contribution in [3.8, 4) is 0 Å². The number of benzene rings is 5. The molecule has 1 aliphatic carbocycles. The molecule has 0 aromatic heterocycles. The summed E-state index contributed by atoms with van der Waals surface area (Å²) in [6.45, 7) is 21.9. The summed E-state index contributed by atoms with van der Waals surface area (Å²) in [6.07, 6.45) is 2.96. The molecule has 287 valence electrons. The maximum atomic E-state index is 13.7. The molecule has 0 nitrogen and oxygen atoms in total. The van der Waals surface area contributed by atoms with E-state index in [0.717, 1.165) is 11.1 Å². The number of aryl methyl sites for hydroxylation is 4. The number of halogens is 3. The van der Waals surface area contributed by atoms with Gasteiger partial charge in [-0.2, -0.15) is 86.0 Å². The van der Waals surface area contributed by atoms with Gasteiger partial charge in [-0.1, -0.05) is 156 Å². The van der Waals surface area contributed by atoms with Crippen LogP contribution in [0.5, 0.6) is 0 Å². The van der Waals surface area contributed by atoms with Gasteiger partial charge in [-0.05, 0) is 64.0 Å². The molecule has 1 aliphatic rings. The topological polar surface area (TPSA) is 0 Å². The molecule has 0 N–H and O–H groups in total. The average Bonchev–Trinajstić information content (AvgIpc) is 3.15. The van der Waals surface area contributed by atoms with Gasteiger partial charge in [0.25, 0.3) is 0 Å². The van der Waals surface area contributed by atoms with Crippen molar-refractivity contribution in [2.45, 2.75) is 120 Å². The monoisotopic (exact) mass is 799 g/mol. The smallest absolute Gasteiger partial charge is 0.184 e. The van der Waals surface area contributed by atoms with Crippen LogP contribution < -0.4 is 0 Å². The van der Waals surface area contributed by atoms with Gasteiger partial charge in [-0.25, -0.2) is 0 Å². The van der Waals surface area contributed by atoms with Gasteiger partial charge in [0.2, 0.25) is 0 Å². The first-order valence-corrected chi connectivity index (χ1v) is 18.8. The van der Waals surface area contributed by atoms with Gasteiger partial charge in [0.05, 0.1) is 0 Å². The molecule has 0 spiro atoms. The fourth-order valence-electron chi connectivity index (χ4n) is 5.27. The standard InChI is InChI=1S/C17H17F3.C8H10.C8H16.2C6H5.2C2H6.Y/c1-12-4-8-14(9-5-12)16(3,17(18,19)20)15-10-6-13(2)7-11-15;1-7-4-3-5-8(2)6-7;1-8(2)6-4-3-5-7-8;2*1-2-4-6-5-3-1;2*1-2;/h4-11H,1-3H3;3-6H,1-2H3;3-7H2,1-2H3;2*1-5H;2*1-2H3;/q;;;2*-1;;;. The number of hydrogen-bond acceptors (Lipinski definition) is 0. The fraction of sp³-hybridized carbons (Fsp3) is 0.388. The van der Waals surface area contributed by atoms with Crippen molar-refractivity contribution in [2.24, 2.45) is 5.41 Å². The average molecular weight is 800 g/mol. The first kappa shape index (κ1) is 52.1. The Morgan fingerprint density at radius 1 is 0.491 bits per heavy atom. The van der Waals surface area contributed by atoms with Crippen molar-refractivity contribution in [1.82, 2.24) is 0 Å². The van der Waals surface area contributed by atoms with E-state index in [1.54, 1.807) is 48.5 Å². The molecule has 5 aromatic carbocycles. The van der Waals surface area contributed by atoms with Crippen molar-refractivity contribution < 1.29 is 45.9 Å². The number of hydrogen-bond donors (Lipinski definition) is 0. The third-order valence-electron chi connectivity index (χ3n) is 8.42. The Morgan fingerprint density at radius 3 is 1.02 bits per heavy atom. The van der Waals surface area contributed by atoms with Gasteiger partial charge in [0, 0.05) is 32.7 Å². The summed E-state index contributed by atoms with van der Waals surface area (Å²) in [6, 6.07) is 46.5. The molecule has 0 amide bonds. The van der Waals surface area contributed by atoms with E-state index < -0.39 is 11.6 Å². The van der Waals surface area contributed by atoms with Crippen LogP contribution in [0.1, 0.15) is 114 Å². The largest absolute Gasteiger partial charge is 0.402 e. The van der Waals surface area contributed by atoms with Crippen molar-refractivity contribution in [3.63, 3.8) is 0 Å². The van der Waals surface area contributed by atoms with Gasteiger partial charge in [0.15, 0.2) is 0 Å². The maximum Gasteiger partial charge on any atom is 0.402 e. The summed E-state index contributed by atoms with van der Waals surface area (Å²) in [5.41, 5.74) is 3.78. The van der Waals surface area contributed by atoms with Crippen LogP contribution in [-0.2, 0) is 38.1 Å². The Morgan fingerprint density at radius 2 is 0.830 bits per heavy atom. The van der Waals surface area contributed by atoms with E-state index in [1.165, 1.54) is 50.2 Å². The molecule has 0 unspecified atom stereocenters. The van der Waals surface area contributed by atoms with E-state index in [1.807, 2.05) is 102 Å². The van der Waals surface area contributed by atoms with Crippen LogP contribution in [0, 0.1) is 45.2 Å². The Bertz CT molecular complexity index is 1370. The normalized spacial score (nSPS) is 12.3. The van der Waals surface area contributed by atoms with Gasteiger partial charge in [-0.15, -0.1) is 0 Å². The van der Waals surface area contributed by atoms with Crippen LogP contribution in [-0.4, -0.2) is 6.18 Å². The first-order chi connectivity index (χ1) is 24.7. The van der Waals surface area contributed by atoms with Gasteiger partial charge < -0.3 is 0 Å². The molecule has 0 heterocycles. The first-order valence-electron chi connectivity index (χ1n) is 18.8. The summed E-state index contributed by atoms with van der Waals surface area (Å²) in [5, 5.41) is 0. The van der Waals surface area contributed by atoms with E-state index in [0.29, 0.717) is 5.41 Å². The van der Waals surface area contributed by atoms with Crippen molar-refractivity contribution in [3.05, 3.63) is 179 Å². The minimum Gasteiger partial charge on any atom is -0.184 e. The Kier molecular flexibility index (Phi) is 28.9. The van der Waals surface area contributed by atoms with Crippen molar-refractivity contribution in [1.29, 1.82) is 0 Å². The molecular weight excluding hydrogens is 734 g/mol. The zero-order valence-electron chi connectivity index (χ0n) is 34.4. The summed E-state index contributed by atoms with van der Waals surface area (Å²) in [4.78, 5) is 0. The minimum absolute atomic E-state index is 0. The van der Waals surface area contributed by atoms with Crippen LogP contribution in [0.4, 0.5) is 13.2 Å². The molecule has 4 heteroatoms. The van der Waals surface area contributed by atoms with Crippen molar-refractivity contribution in [2.75, 3.05) is 0 Å². The molecule has 1 saturated carbocycles. The summed E-state index contributed by atoms with van der Waals surface area (Å²) < 4.78 is 41.0. The predicted molar refractivity (Wildman–Crippen MR) is 221 cm³/mol. The molecule has 0 atom stereocenters. The maximum absolute atomic E-state index is 13.7. The third kappa shape index (κ3) is 22.1. The van der Waals surface area contributed by atoms with Crippen LogP contribution >= 0.6 is 0 Å². The predicted octanol–water partition coefficient (Wildman–Crippen LogP) is 15.5. The number of rotatable bonds is 2. The van der Waals surface area contributed by atoms with Crippen LogP contribution in [0.25, 0.3) is 0 Å². The summed E-state index contributed by atoms with van der Waals surface area (Å²) >= 11 is 0. The van der Waals surface area contributed by atoms with E-state index in [-0.39, 0.29) is 43.8 Å². The second-order valence-electron chi connectivity index (χ2n) is 13.4. The SMILES string of the molecule is CC.CC.CC1(C)CCCCC1.Cc1ccc(C(C)(c2ccc(C)cc2)C(F)(F)F)cc1.Cc1cccc(C)c1.[Y].[c-]1ccccc1.[c-]1ccccc1. The van der Waals surface area contributed by atoms with Gasteiger partial charge in [-0.3, -0.25) is 0 Å². The minimum atomic E-state index is -4.35. The molecule has 53 heavy (non-hydrogen) atoms. The van der Waals surface area contributed by atoms with Crippen LogP contribution in [0.2, 0.25) is 0 Å². The molecule has 0 bridgehead atoms. The van der Waals surface area contributed by atoms with E-state index in [2.05, 4.69) is 64.1 Å². The van der Waals surface area contributed by atoms with Crippen molar-refractivity contribution >= 4 is 0 Å². The molecule has 0 aliphatic heterocycles. The zero-order chi connectivity index (χ0) is 39.5. The fourth-order valence-corrected chi connectivity index (χ4v) is 5.27. The zero-order valence-corrected chi connectivity index (χ0v) is 37.3. The molecule has 1 fully saturated rings. The molecule has 1 radical (unpaired) electrons. The Hall–Kier alpha value is -3.01. The summed E-state index contributed by atoms with van der Waals surface area (Å²) in [7, 11) is 0. The molecule has 6 rings (SSSR count).